The van der Waals surface area contributed by atoms with Crippen LogP contribution in [-0.2, 0) is 6.42 Å². The third-order valence-corrected chi connectivity index (χ3v) is 1.94. The van der Waals surface area contributed by atoms with E-state index in [1.807, 2.05) is 12.1 Å². The molecule has 2 nitrogen and oxygen atoms in total. The average Bonchev–Trinajstić information content (AvgIpc) is 2.19. The number of nitrogens with two attached hydrogens (primary N) is 1. The van der Waals surface area contributed by atoms with Crippen molar-refractivity contribution in [3.05, 3.63) is 35.9 Å². The van der Waals surface area contributed by atoms with Gasteiger partial charge in [-0.2, -0.15) is 0 Å². The lowest BCUT2D eigenvalue weighted by atomic mass is 10.1. The SMILES string of the molecule is NCCCNCCc1cc[c]cc1. The van der Waals surface area contributed by atoms with Crippen LogP contribution in [0.3, 0.4) is 0 Å². The molecule has 0 aliphatic rings. The van der Waals surface area contributed by atoms with Crippen molar-refractivity contribution < 1.29 is 0 Å². The van der Waals surface area contributed by atoms with Gasteiger partial charge in [0.2, 0.25) is 0 Å². The normalized spacial score (nSPS) is 10.2. The zero-order chi connectivity index (χ0) is 9.36. The molecule has 0 fully saturated rings. The van der Waals surface area contributed by atoms with Crippen LogP contribution in [0.2, 0.25) is 0 Å². The molecule has 0 atom stereocenters. The van der Waals surface area contributed by atoms with Crippen LogP contribution in [0.1, 0.15) is 12.0 Å². The highest BCUT2D eigenvalue weighted by Crippen LogP contribution is 1.97. The minimum Gasteiger partial charge on any atom is -0.330 e. The molecule has 0 bridgehead atoms. The highest BCUT2D eigenvalue weighted by Gasteiger charge is 1.90. The zero-order valence-corrected chi connectivity index (χ0v) is 7.92. The Hall–Kier alpha value is -0.860. The number of nitrogens with one attached hydrogen (secondary N) is 1. The van der Waals surface area contributed by atoms with E-state index in [0.717, 1.165) is 32.5 Å². The van der Waals surface area contributed by atoms with E-state index >= 15 is 0 Å². The fraction of sp³-hybridized carbons (Fsp3) is 0.455. The Bertz CT molecular complexity index is 209. The van der Waals surface area contributed by atoms with E-state index in [1.54, 1.807) is 0 Å². The second-order valence-corrected chi connectivity index (χ2v) is 3.05. The van der Waals surface area contributed by atoms with E-state index in [4.69, 9.17) is 5.73 Å². The van der Waals surface area contributed by atoms with Crippen molar-refractivity contribution in [2.45, 2.75) is 12.8 Å². The van der Waals surface area contributed by atoms with Crippen LogP contribution < -0.4 is 11.1 Å². The summed E-state index contributed by atoms with van der Waals surface area (Å²) >= 11 is 0. The maximum absolute atomic E-state index is 5.38. The van der Waals surface area contributed by atoms with Crippen LogP contribution in [0.4, 0.5) is 0 Å². The third kappa shape index (κ3) is 4.65. The maximum Gasteiger partial charge on any atom is -0.000834 e. The maximum atomic E-state index is 5.38. The van der Waals surface area contributed by atoms with E-state index in [2.05, 4.69) is 23.5 Å². The molecule has 13 heavy (non-hydrogen) atoms. The van der Waals surface area contributed by atoms with Gasteiger partial charge in [-0.15, -0.1) is 0 Å². The molecule has 1 rings (SSSR count). The van der Waals surface area contributed by atoms with E-state index in [0.29, 0.717) is 0 Å². The Balaban J connectivity index is 2.07. The molecule has 0 aliphatic carbocycles. The molecule has 0 unspecified atom stereocenters. The molecule has 3 N–H and O–H groups in total. The lowest BCUT2D eigenvalue weighted by molar-refractivity contribution is 0.653. The van der Waals surface area contributed by atoms with Crippen LogP contribution in [0, 0.1) is 6.07 Å². The van der Waals surface area contributed by atoms with E-state index < -0.39 is 0 Å². The van der Waals surface area contributed by atoms with Crippen molar-refractivity contribution in [1.29, 1.82) is 0 Å². The van der Waals surface area contributed by atoms with Gasteiger partial charge in [-0.3, -0.25) is 0 Å². The van der Waals surface area contributed by atoms with Gasteiger partial charge in [0.1, 0.15) is 0 Å². The average molecular weight is 177 g/mol. The summed E-state index contributed by atoms with van der Waals surface area (Å²) in [5.41, 5.74) is 6.74. The summed E-state index contributed by atoms with van der Waals surface area (Å²) in [6.07, 6.45) is 2.14. The predicted molar refractivity (Wildman–Crippen MR) is 55.5 cm³/mol. The topological polar surface area (TPSA) is 38.0 Å². The highest BCUT2D eigenvalue weighted by atomic mass is 14.8. The number of benzene rings is 1. The number of hydrogen-bond acceptors (Lipinski definition) is 2. The first-order valence-corrected chi connectivity index (χ1v) is 4.79. The molecule has 1 aromatic rings. The molecule has 0 amide bonds. The quantitative estimate of drug-likeness (QED) is 0.635. The summed E-state index contributed by atoms with van der Waals surface area (Å²) < 4.78 is 0. The molecule has 1 radical (unpaired) electrons. The Morgan fingerprint density at radius 1 is 1.23 bits per heavy atom. The zero-order valence-electron chi connectivity index (χ0n) is 7.92. The molecular weight excluding hydrogens is 160 g/mol. The first kappa shape index (κ1) is 10.2. The van der Waals surface area contributed by atoms with Gasteiger partial charge in [-0.1, -0.05) is 24.3 Å². The van der Waals surface area contributed by atoms with Gasteiger partial charge in [0.05, 0.1) is 0 Å². The molecule has 0 saturated carbocycles. The minimum atomic E-state index is 0.771. The molecule has 0 saturated heterocycles. The predicted octanol–water partition coefficient (Wildman–Crippen LogP) is 0.968. The lowest BCUT2D eigenvalue weighted by Crippen LogP contribution is -2.20. The number of rotatable bonds is 6. The Kier molecular flexibility index (Phi) is 5.22. The smallest absolute Gasteiger partial charge is 0.000834 e. The van der Waals surface area contributed by atoms with Gasteiger partial charge in [0.15, 0.2) is 0 Å². The fourth-order valence-corrected chi connectivity index (χ4v) is 1.17. The van der Waals surface area contributed by atoms with E-state index in [-0.39, 0.29) is 0 Å². The van der Waals surface area contributed by atoms with Gasteiger partial charge < -0.3 is 11.1 Å². The molecule has 0 aromatic heterocycles. The summed E-state index contributed by atoms with van der Waals surface area (Å²) in [6, 6.07) is 11.1. The van der Waals surface area contributed by atoms with E-state index in [9.17, 15) is 0 Å². The molecule has 71 valence electrons. The molecule has 2 heteroatoms. The largest absolute Gasteiger partial charge is 0.330 e. The second-order valence-electron chi connectivity index (χ2n) is 3.05. The molecule has 0 spiro atoms. The van der Waals surface area contributed by atoms with Crippen molar-refractivity contribution in [1.82, 2.24) is 5.32 Å². The highest BCUT2D eigenvalue weighted by molar-refractivity contribution is 5.13. The fourth-order valence-electron chi connectivity index (χ4n) is 1.17. The first-order valence-electron chi connectivity index (χ1n) is 4.79. The van der Waals surface area contributed by atoms with Crippen LogP contribution in [0.25, 0.3) is 0 Å². The lowest BCUT2D eigenvalue weighted by Gasteiger charge is -2.03. The number of hydrogen-bond donors (Lipinski definition) is 2. The van der Waals surface area contributed by atoms with Gasteiger partial charge in [-0.25, -0.2) is 0 Å². The van der Waals surface area contributed by atoms with Gasteiger partial charge >= 0.3 is 0 Å². The summed E-state index contributed by atoms with van der Waals surface area (Å²) in [7, 11) is 0. The van der Waals surface area contributed by atoms with Crippen molar-refractivity contribution in [2.75, 3.05) is 19.6 Å². The van der Waals surface area contributed by atoms with Crippen molar-refractivity contribution >= 4 is 0 Å². The van der Waals surface area contributed by atoms with Gasteiger partial charge in [-0.05, 0) is 44.1 Å². The van der Waals surface area contributed by atoms with Crippen molar-refractivity contribution in [2.24, 2.45) is 5.73 Å². The van der Waals surface area contributed by atoms with Crippen LogP contribution in [0.5, 0.6) is 0 Å². The summed E-state index contributed by atoms with van der Waals surface area (Å²) in [4.78, 5) is 0. The van der Waals surface area contributed by atoms with Crippen LogP contribution in [-0.4, -0.2) is 19.6 Å². The summed E-state index contributed by atoms with van der Waals surface area (Å²) in [6.45, 7) is 2.83. The van der Waals surface area contributed by atoms with Gasteiger partial charge in [0, 0.05) is 0 Å². The molecular formula is C11H17N2. The van der Waals surface area contributed by atoms with Crippen molar-refractivity contribution in [3.63, 3.8) is 0 Å². The van der Waals surface area contributed by atoms with Crippen molar-refractivity contribution in [3.8, 4) is 0 Å². The van der Waals surface area contributed by atoms with E-state index in [1.165, 1.54) is 5.56 Å². The van der Waals surface area contributed by atoms with Gasteiger partial charge in [0.25, 0.3) is 0 Å². The Morgan fingerprint density at radius 2 is 2.00 bits per heavy atom. The molecule has 0 heterocycles. The molecule has 1 aromatic carbocycles. The summed E-state index contributed by atoms with van der Waals surface area (Å²) in [5.74, 6) is 0. The standard InChI is InChI=1S/C11H17N2/c12-8-4-9-13-10-7-11-5-2-1-3-6-11/h2-3,5-6,13H,4,7-10,12H2. The summed E-state index contributed by atoms with van der Waals surface area (Å²) in [5, 5.41) is 3.34. The molecule has 0 aliphatic heterocycles. The Labute approximate surface area is 80.1 Å². The third-order valence-electron chi connectivity index (χ3n) is 1.94. The van der Waals surface area contributed by atoms with Crippen LogP contribution >= 0.6 is 0 Å². The first-order chi connectivity index (χ1) is 6.43. The minimum absolute atomic E-state index is 0.771. The Morgan fingerprint density at radius 3 is 2.69 bits per heavy atom. The second kappa shape index (κ2) is 6.63. The monoisotopic (exact) mass is 177 g/mol. The van der Waals surface area contributed by atoms with Crippen LogP contribution in [0.15, 0.2) is 24.3 Å².